The van der Waals surface area contributed by atoms with Crippen molar-refractivity contribution in [2.45, 2.75) is 38.3 Å². The normalized spacial score (nSPS) is 20.9. The molecule has 34 heavy (non-hydrogen) atoms. The number of piperidine rings is 1. The fourth-order valence-electron chi connectivity index (χ4n) is 4.30. The molecule has 0 bridgehead atoms. The average Bonchev–Trinajstić information content (AvgIpc) is 3.04. The van der Waals surface area contributed by atoms with Gasteiger partial charge in [-0.1, -0.05) is 29.8 Å². The van der Waals surface area contributed by atoms with Crippen molar-refractivity contribution in [1.29, 1.82) is 0 Å². The Labute approximate surface area is 197 Å². The van der Waals surface area contributed by atoms with Crippen molar-refractivity contribution >= 4 is 23.8 Å². The highest BCUT2D eigenvalue weighted by molar-refractivity contribution is 6.09. The Hall–Kier alpha value is -3.75. The maximum Gasteiger partial charge on any atom is 0.325 e. The van der Waals surface area contributed by atoms with Crippen LogP contribution in [0, 0.1) is 12.7 Å². The van der Waals surface area contributed by atoms with Crippen LogP contribution in [0.1, 0.15) is 41.3 Å². The molecule has 0 saturated carbocycles. The van der Waals surface area contributed by atoms with E-state index in [0.29, 0.717) is 37.1 Å². The van der Waals surface area contributed by atoms with Crippen molar-refractivity contribution in [3.8, 4) is 0 Å². The second-order valence-corrected chi connectivity index (χ2v) is 8.95. The van der Waals surface area contributed by atoms with Crippen molar-refractivity contribution < 1.29 is 23.6 Å². The number of rotatable bonds is 5. The first kappa shape index (κ1) is 23.4. The number of benzene rings is 2. The summed E-state index contributed by atoms with van der Waals surface area (Å²) in [6.07, 6.45) is 1.08. The van der Waals surface area contributed by atoms with Gasteiger partial charge in [0.2, 0.25) is 5.91 Å². The molecule has 2 aromatic carbocycles. The van der Waals surface area contributed by atoms with Crippen LogP contribution in [0.4, 0.5) is 9.18 Å². The van der Waals surface area contributed by atoms with Crippen molar-refractivity contribution in [2.24, 2.45) is 0 Å². The summed E-state index contributed by atoms with van der Waals surface area (Å²) in [4.78, 5) is 53.4. The Morgan fingerprint density at radius 1 is 1.06 bits per heavy atom. The van der Waals surface area contributed by atoms with Gasteiger partial charge in [0, 0.05) is 24.7 Å². The molecular weight excluding hydrogens is 439 g/mol. The Morgan fingerprint density at radius 3 is 2.29 bits per heavy atom. The van der Waals surface area contributed by atoms with Crippen LogP contribution in [0.2, 0.25) is 0 Å². The van der Waals surface area contributed by atoms with Crippen LogP contribution in [0.3, 0.4) is 0 Å². The molecule has 2 heterocycles. The zero-order valence-corrected chi connectivity index (χ0v) is 19.1. The number of nitrogens with zero attached hydrogens (tertiary/aromatic N) is 2. The maximum atomic E-state index is 13.1. The number of aryl methyl sites for hydroxylation is 1. The van der Waals surface area contributed by atoms with Crippen molar-refractivity contribution in [3.63, 3.8) is 0 Å². The van der Waals surface area contributed by atoms with Gasteiger partial charge in [-0.25, -0.2) is 9.18 Å². The van der Waals surface area contributed by atoms with E-state index in [4.69, 9.17) is 0 Å². The molecule has 9 heteroatoms. The summed E-state index contributed by atoms with van der Waals surface area (Å²) in [6.45, 7) is 4.03. The Bertz CT molecular complexity index is 1110. The first-order chi connectivity index (χ1) is 16.2. The SMILES string of the molecule is Cc1ccc(C2(C)NC(=O)N(CC(=O)N3CCC(NC(=O)c4ccc(F)cc4)CC3)C2=O)cc1. The average molecular weight is 467 g/mol. The fourth-order valence-corrected chi connectivity index (χ4v) is 4.30. The summed E-state index contributed by atoms with van der Waals surface area (Å²) in [5.41, 5.74) is 0.843. The van der Waals surface area contributed by atoms with E-state index < -0.39 is 23.3 Å². The maximum absolute atomic E-state index is 13.1. The van der Waals surface area contributed by atoms with E-state index in [2.05, 4.69) is 10.6 Å². The van der Waals surface area contributed by atoms with Crippen LogP contribution in [-0.4, -0.2) is 59.2 Å². The summed E-state index contributed by atoms with van der Waals surface area (Å²) < 4.78 is 13.0. The minimum Gasteiger partial charge on any atom is -0.349 e. The van der Waals surface area contributed by atoms with E-state index in [1.165, 1.54) is 24.3 Å². The van der Waals surface area contributed by atoms with Gasteiger partial charge >= 0.3 is 6.03 Å². The number of likely N-dealkylation sites (tertiary alicyclic amines) is 1. The van der Waals surface area contributed by atoms with Gasteiger partial charge in [0.25, 0.3) is 11.8 Å². The van der Waals surface area contributed by atoms with Gasteiger partial charge < -0.3 is 15.5 Å². The van der Waals surface area contributed by atoms with Crippen LogP contribution in [0.15, 0.2) is 48.5 Å². The second kappa shape index (κ2) is 9.24. The van der Waals surface area contributed by atoms with Crippen molar-refractivity contribution in [2.75, 3.05) is 19.6 Å². The first-order valence-electron chi connectivity index (χ1n) is 11.2. The van der Waals surface area contributed by atoms with Gasteiger partial charge in [-0.2, -0.15) is 0 Å². The standard InChI is InChI=1S/C25H27FN4O4/c1-16-3-7-18(8-4-16)25(2)23(33)30(24(34)28-25)15-21(31)29-13-11-20(12-14-29)27-22(32)17-5-9-19(26)10-6-17/h3-10,20H,11-15H2,1-2H3,(H,27,32)(H,28,34). The molecule has 2 saturated heterocycles. The van der Waals surface area contributed by atoms with E-state index >= 15 is 0 Å². The highest BCUT2D eigenvalue weighted by Gasteiger charge is 2.49. The molecule has 4 rings (SSSR count). The molecule has 0 spiro atoms. The van der Waals surface area contributed by atoms with Crippen LogP contribution in [0.5, 0.6) is 0 Å². The number of halogens is 1. The van der Waals surface area contributed by atoms with Crippen LogP contribution in [-0.2, 0) is 15.1 Å². The molecule has 2 aliphatic rings. The number of nitrogens with one attached hydrogen (secondary N) is 2. The molecule has 5 amide bonds. The number of imide groups is 1. The number of urea groups is 1. The Kier molecular flexibility index (Phi) is 6.37. The van der Waals surface area contributed by atoms with E-state index in [1.54, 1.807) is 24.0 Å². The lowest BCUT2D eigenvalue weighted by Crippen LogP contribution is -2.50. The molecule has 2 fully saturated rings. The molecule has 178 valence electrons. The summed E-state index contributed by atoms with van der Waals surface area (Å²) in [5.74, 6) is -1.48. The molecule has 0 aliphatic carbocycles. The predicted octanol–water partition coefficient (Wildman–Crippen LogP) is 2.32. The van der Waals surface area contributed by atoms with Gasteiger partial charge in [-0.3, -0.25) is 19.3 Å². The molecule has 1 atom stereocenters. The van der Waals surface area contributed by atoms with Gasteiger partial charge in [-0.05, 0) is 56.5 Å². The lowest BCUT2D eigenvalue weighted by molar-refractivity contribution is -0.139. The zero-order chi connectivity index (χ0) is 24.5. The number of carbonyl (C=O) groups is 4. The van der Waals surface area contributed by atoms with Gasteiger partial charge in [-0.15, -0.1) is 0 Å². The quantitative estimate of drug-likeness (QED) is 0.661. The smallest absolute Gasteiger partial charge is 0.325 e. The van der Waals surface area contributed by atoms with Crippen LogP contribution >= 0.6 is 0 Å². The van der Waals surface area contributed by atoms with Gasteiger partial charge in [0.05, 0.1) is 0 Å². The fraction of sp³-hybridized carbons (Fsp3) is 0.360. The third-order valence-corrected chi connectivity index (χ3v) is 6.49. The third kappa shape index (κ3) is 4.64. The molecule has 0 aromatic heterocycles. The molecule has 8 nitrogen and oxygen atoms in total. The van der Waals surface area contributed by atoms with Crippen molar-refractivity contribution in [1.82, 2.24) is 20.4 Å². The minimum atomic E-state index is -1.22. The van der Waals surface area contributed by atoms with Gasteiger partial charge in [0.15, 0.2) is 0 Å². The lowest BCUT2D eigenvalue weighted by Gasteiger charge is -2.33. The summed E-state index contributed by atoms with van der Waals surface area (Å²) in [5, 5.41) is 5.62. The van der Waals surface area contributed by atoms with Gasteiger partial charge in [0.1, 0.15) is 17.9 Å². The van der Waals surface area contributed by atoms with E-state index in [1.807, 2.05) is 19.1 Å². The molecular formula is C25H27FN4O4. The Morgan fingerprint density at radius 2 is 1.68 bits per heavy atom. The zero-order valence-electron chi connectivity index (χ0n) is 19.1. The van der Waals surface area contributed by atoms with E-state index in [-0.39, 0.29) is 24.4 Å². The molecule has 2 aromatic rings. The first-order valence-corrected chi connectivity index (χ1v) is 11.2. The Balaban J connectivity index is 1.32. The summed E-state index contributed by atoms with van der Waals surface area (Å²) in [6, 6.07) is 11.9. The number of amides is 5. The summed E-state index contributed by atoms with van der Waals surface area (Å²) >= 11 is 0. The molecule has 2 N–H and O–H groups in total. The van der Waals surface area contributed by atoms with Crippen LogP contribution < -0.4 is 10.6 Å². The predicted molar refractivity (Wildman–Crippen MR) is 122 cm³/mol. The highest BCUT2D eigenvalue weighted by Crippen LogP contribution is 2.29. The number of hydrogen-bond acceptors (Lipinski definition) is 4. The van der Waals surface area contributed by atoms with E-state index in [0.717, 1.165) is 10.5 Å². The largest absolute Gasteiger partial charge is 0.349 e. The molecule has 0 radical (unpaired) electrons. The van der Waals surface area contributed by atoms with E-state index in [9.17, 15) is 23.6 Å². The summed E-state index contributed by atoms with van der Waals surface area (Å²) in [7, 11) is 0. The molecule has 2 aliphatic heterocycles. The molecule has 1 unspecified atom stereocenters. The van der Waals surface area contributed by atoms with Crippen molar-refractivity contribution in [3.05, 3.63) is 71.0 Å². The lowest BCUT2D eigenvalue weighted by atomic mass is 9.91. The number of carbonyl (C=O) groups excluding carboxylic acids is 4. The van der Waals surface area contributed by atoms with Crippen LogP contribution in [0.25, 0.3) is 0 Å². The third-order valence-electron chi connectivity index (χ3n) is 6.49. The minimum absolute atomic E-state index is 0.122. The topological polar surface area (TPSA) is 98.8 Å². The highest BCUT2D eigenvalue weighted by atomic mass is 19.1. The number of hydrogen-bond donors (Lipinski definition) is 2. The second-order valence-electron chi connectivity index (χ2n) is 8.95. The monoisotopic (exact) mass is 466 g/mol.